The lowest BCUT2D eigenvalue weighted by molar-refractivity contribution is -0.117. The zero-order chi connectivity index (χ0) is 29.2. The first-order chi connectivity index (χ1) is 18.7. The zero-order valence-corrected chi connectivity index (χ0v) is 23.8. The van der Waals surface area contributed by atoms with E-state index in [-0.39, 0.29) is 40.7 Å². The number of methoxy groups -OCH3 is 1. The molecule has 0 bridgehead atoms. The summed E-state index contributed by atoms with van der Waals surface area (Å²) < 4.78 is 36.7. The van der Waals surface area contributed by atoms with E-state index in [1.807, 2.05) is 23.5 Å². The predicted octanol–water partition coefficient (Wildman–Crippen LogP) is -1.52. The van der Waals surface area contributed by atoms with Gasteiger partial charge in [-0.1, -0.05) is 11.2 Å². The summed E-state index contributed by atoms with van der Waals surface area (Å²) in [5, 5.41) is 20.3. The highest BCUT2D eigenvalue weighted by atomic mass is 32.2. The quantitative estimate of drug-likeness (QED) is 0.197. The molecule has 1 aliphatic carbocycles. The molecule has 40 heavy (non-hydrogen) atoms. The molecule has 4 rings (SSSR count). The van der Waals surface area contributed by atoms with Gasteiger partial charge in [0.1, 0.15) is 23.5 Å². The van der Waals surface area contributed by atoms with Crippen molar-refractivity contribution in [3.8, 4) is 17.2 Å². The average molecular weight is 566 g/mol. The maximum absolute atomic E-state index is 13.1. The van der Waals surface area contributed by atoms with Gasteiger partial charge in [0.25, 0.3) is 11.8 Å². The number of carbonyl (C=O) groups excluding carboxylic acids is 2. The fraction of sp³-hybridized carbons (Fsp3) is 0.364. The van der Waals surface area contributed by atoms with E-state index in [1.54, 1.807) is 25.1 Å². The molecular formula is C22H29B3N8O6S. The van der Waals surface area contributed by atoms with Crippen LogP contribution in [-0.2, 0) is 14.8 Å². The van der Waals surface area contributed by atoms with Crippen LogP contribution in [0.4, 0.5) is 17.2 Å². The molecule has 1 aromatic carbocycles. The Balaban J connectivity index is 1.69. The summed E-state index contributed by atoms with van der Waals surface area (Å²) >= 11 is 0. The highest BCUT2D eigenvalue weighted by Gasteiger charge is 2.30. The van der Waals surface area contributed by atoms with Crippen molar-refractivity contribution >= 4 is 62.6 Å². The fourth-order valence-corrected chi connectivity index (χ4v) is 4.50. The molecule has 18 heteroatoms. The monoisotopic (exact) mass is 566 g/mol. The van der Waals surface area contributed by atoms with E-state index in [0.717, 1.165) is 19.1 Å². The Kier molecular flexibility index (Phi) is 8.21. The van der Waals surface area contributed by atoms with Gasteiger partial charge in [-0.2, -0.15) is 4.98 Å². The highest BCUT2D eigenvalue weighted by molar-refractivity contribution is 7.88. The minimum absolute atomic E-state index is 0.00699. The van der Waals surface area contributed by atoms with Crippen LogP contribution in [0.2, 0.25) is 0 Å². The lowest BCUT2D eigenvalue weighted by atomic mass is 9.49. The van der Waals surface area contributed by atoms with Crippen LogP contribution in [0.3, 0.4) is 0 Å². The maximum atomic E-state index is 13.1. The van der Waals surface area contributed by atoms with Crippen molar-refractivity contribution in [3.05, 3.63) is 35.8 Å². The molecule has 1 fully saturated rings. The lowest BCUT2D eigenvalue weighted by Gasteiger charge is -2.21. The summed E-state index contributed by atoms with van der Waals surface area (Å²) in [6.07, 6.45) is 2.68. The molecule has 14 nitrogen and oxygen atoms in total. The summed E-state index contributed by atoms with van der Waals surface area (Å²) in [4.78, 5) is 29.7. The fourth-order valence-electron chi connectivity index (χ4n) is 3.75. The Morgan fingerprint density at radius 3 is 2.52 bits per heavy atom. The Hall–Kier alpha value is -3.92. The van der Waals surface area contributed by atoms with Crippen LogP contribution in [-0.4, -0.2) is 82.7 Å². The van der Waals surface area contributed by atoms with Gasteiger partial charge in [-0.25, -0.2) is 13.1 Å². The lowest BCUT2D eigenvalue weighted by Crippen LogP contribution is -2.50. The first-order valence-electron chi connectivity index (χ1n) is 12.5. The number of hydrogen-bond acceptors (Lipinski definition) is 11. The average Bonchev–Trinajstić information content (AvgIpc) is 3.58. The molecular weight excluding hydrogens is 537 g/mol. The number of rotatable bonds is 11. The number of anilines is 3. The zero-order valence-electron chi connectivity index (χ0n) is 23.0. The van der Waals surface area contributed by atoms with E-state index in [9.17, 15) is 18.0 Å². The molecule has 1 atom stereocenters. The minimum atomic E-state index is -3.49. The van der Waals surface area contributed by atoms with Crippen molar-refractivity contribution in [1.29, 1.82) is 0 Å². The molecule has 0 spiro atoms. The van der Waals surface area contributed by atoms with Crippen LogP contribution in [0.15, 0.2) is 28.8 Å². The van der Waals surface area contributed by atoms with Crippen LogP contribution in [0.25, 0.3) is 11.5 Å². The standard InChI is InChI=1S/C22H29B3N8O6S/c1-10(33-40(3,36)37)18-28-21(39-32-18)12-5-4-6-13(17(12)38-2)26-14-9-15(27-19(34)11-7-8-11)30-31-16(14)20(35)29-22(23,24)25/h4-6,9-11,33H,7-8,23-25H2,1-3H3,(H,29,35)(H2,26,27,30,34)/t10-/m1/s1. The van der Waals surface area contributed by atoms with Gasteiger partial charge >= 0.3 is 0 Å². The number of para-hydroxylation sites is 1. The predicted molar refractivity (Wildman–Crippen MR) is 155 cm³/mol. The van der Waals surface area contributed by atoms with E-state index in [2.05, 4.69) is 41.0 Å². The molecule has 0 aliphatic heterocycles. The van der Waals surface area contributed by atoms with E-state index in [4.69, 9.17) is 9.26 Å². The maximum Gasteiger partial charge on any atom is 0.272 e. The number of carbonyl (C=O) groups is 2. The summed E-state index contributed by atoms with van der Waals surface area (Å²) in [7, 11) is 3.48. The van der Waals surface area contributed by atoms with E-state index in [0.29, 0.717) is 17.0 Å². The van der Waals surface area contributed by atoms with Gasteiger partial charge in [0.05, 0.1) is 36.3 Å². The van der Waals surface area contributed by atoms with Crippen molar-refractivity contribution in [2.24, 2.45) is 5.92 Å². The Bertz CT molecular complexity index is 1540. The number of benzene rings is 1. The number of nitrogens with zero attached hydrogens (tertiary/aromatic N) is 4. The molecule has 0 saturated heterocycles. The van der Waals surface area contributed by atoms with Gasteiger partial charge in [0.2, 0.25) is 15.9 Å². The third kappa shape index (κ3) is 7.38. The second kappa shape index (κ2) is 11.3. The minimum Gasteiger partial charge on any atom is -0.494 e. The van der Waals surface area contributed by atoms with Gasteiger partial charge in [0, 0.05) is 12.0 Å². The van der Waals surface area contributed by atoms with Crippen LogP contribution in [0.5, 0.6) is 5.75 Å². The molecule has 0 unspecified atom stereocenters. The molecule has 4 N–H and O–H groups in total. The molecule has 2 aromatic heterocycles. The van der Waals surface area contributed by atoms with Gasteiger partial charge in [-0.3, -0.25) is 9.59 Å². The normalized spacial score (nSPS) is 14.3. The molecule has 0 radical (unpaired) electrons. The first kappa shape index (κ1) is 29.1. The summed E-state index contributed by atoms with van der Waals surface area (Å²) in [5.41, 5.74) is 1.13. The smallest absolute Gasteiger partial charge is 0.272 e. The van der Waals surface area contributed by atoms with Crippen LogP contribution in [0, 0.1) is 5.92 Å². The van der Waals surface area contributed by atoms with Crippen LogP contribution >= 0.6 is 0 Å². The summed E-state index contributed by atoms with van der Waals surface area (Å²) in [6, 6.07) is 5.91. The largest absolute Gasteiger partial charge is 0.494 e. The van der Waals surface area contributed by atoms with Crippen molar-refractivity contribution in [2.45, 2.75) is 31.0 Å². The topological polar surface area (TPSA) is 190 Å². The molecule has 2 heterocycles. The van der Waals surface area contributed by atoms with E-state index < -0.39 is 27.2 Å². The number of nitrogens with one attached hydrogen (secondary N) is 4. The molecule has 1 saturated carbocycles. The van der Waals surface area contributed by atoms with Gasteiger partial charge in [-0.05, 0) is 37.1 Å². The Morgan fingerprint density at radius 1 is 1.18 bits per heavy atom. The van der Waals surface area contributed by atoms with Gasteiger partial charge < -0.3 is 25.2 Å². The second-order valence-electron chi connectivity index (χ2n) is 10.5. The molecule has 208 valence electrons. The van der Waals surface area contributed by atoms with Crippen molar-refractivity contribution in [1.82, 2.24) is 30.4 Å². The van der Waals surface area contributed by atoms with Crippen LogP contribution in [0.1, 0.15) is 42.1 Å². The van der Waals surface area contributed by atoms with Gasteiger partial charge in [0.15, 0.2) is 23.1 Å². The molecule has 2 amide bonds. The SMILES string of the molecule is BC(B)(B)NC(=O)c1nnc(NC(=O)C2CC2)cc1Nc1cccc(-c2nc([C@@H](C)NS(C)(=O)=O)no2)c1OC. The number of ether oxygens (including phenoxy) is 1. The third-order valence-electron chi connectivity index (χ3n) is 5.64. The Morgan fingerprint density at radius 2 is 1.90 bits per heavy atom. The van der Waals surface area contributed by atoms with Crippen LogP contribution < -0.4 is 25.4 Å². The number of aromatic nitrogens is 4. The summed E-state index contributed by atoms with van der Waals surface area (Å²) in [5.74, 6) is 0.0586. The summed E-state index contributed by atoms with van der Waals surface area (Å²) in [6.45, 7) is 1.59. The Labute approximate surface area is 234 Å². The molecule has 1 aliphatic rings. The van der Waals surface area contributed by atoms with E-state index >= 15 is 0 Å². The number of amides is 2. The van der Waals surface area contributed by atoms with Crippen molar-refractivity contribution < 1.29 is 27.3 Å². The third-order valence-corrected chi connectivity index (χ3v) is 6.42. The van der Waals surface area contributed by atoms with E-state index in [1.165, 1.54) is 13.2 Å². The molecule has 3 aromatic rings. The second-order valence-corrected chi connectivity index (χ2v) is 12.3. The van der Waals surface area contributed by atoms with Crippen molar-refractivity contribution in [3.63, 3.8) is 0 Å². The number of sulfonamides is 1. The highest BCUT2D eigenvalue weighted by Crippen LogP contribution is 2.38. The van der Waals surface area contributed by atoms with Crippen molar-refractivity contribution in [2.75, 3.05) is 24.0 Å². The van der Waals surface area contributed by atoms with Gasteiger partial charge in [-0.15, -0.1) is 10.2 Å². The number of hydrogen-bond donors (Lipinski definition) is 4. The first-order valence-corrected chi connectivity index (χ1v) is 14.4.